The number of fused-ring (bicyclic) bond motifs is 9. The lowest BCUT2D eigenvalue weighted by Gasteiger charge is -2.17. The number of aromatic nitrogens is 4. The van der Waals surface area contributed by atoms with Gasteiger partial charge in [0.2, 0.25) is 0 Å². The van der Waals surface area contributed by atoms with Gasteiger partial charge in [-0.2, -0.15) is 0 Å². The summed E-state index contributed by atoms with van der Waals surface area (Å²) in [5.74, 6) is 0.632. The summed E-state index contributed by atoms with van der Waals surface area (Å²) in [6.07, 6.45) is 0. The maximum Gasteiger partial charge on any atom is 0.140 e. The molecule has 0 bridgehead atoms. The van der Waals surface area contributed by atoms with Crippen molar-refractivity contribution in [2.75, 3.05) is 0 Å². The number of hydrogen-bond donors (Lipinski definition) is 0. The standard InChI is InChI=1S/C47H30N4/c1-8-22-40-32(15-1)33-16-2-9-23-41(33)49(40)31-29-39(48-47(30-31)51-44-26-12-5-19-36(44)37-20-6-13-27-45(37)51)38-21-7-14-28-46(38)50-42-24-10-3-17-34(42)35-18-4-11-25-43(35)50/h1-30H/i7D,14D,21D,28D. The van der Waals surface area contributed by atoms with Crippen molar-refractivity contribution in [3.8, 4) is 28.5 Å². The van der Waals surface area contributed by atoms with Gasteiger partial charge in [-0.1, -0.05) is 127 Å². The molecule has 0 aliphatic rings. The normalized spacial score (nSPS) is 13.0. The predicted molar refractivity (Wildman–Crippen MR) is 213 cm³/mol. The largest absolute Gasteiger partial charge is 0.309 e. The lowest BCUT2D eigenvalue weighted by molar-refractivity contribution is 1.06. The molecule has 4 heteroatoms. The minimum atomic E-state index is -0.313. The SMILES string of the molecule is [2H]c1c([2H])c([2H])c(-n2c3ccccc3c3ccccc32)c(-c2cc(-n3c4ccccc4c4ccccc43)cc(-n3c4ccccc4c4ccccc43)n2)c1[2H]. The fourth-order valence-electron chi connectivity index (χ4n) is 8.07. The van der Waals surface area contributed by atoms with Crippen molar-refractivity contribution in [2.45, 2.75) is 0 Å². The Balaban J connectivity index is 1.32. The van der Waals surface area contributed by atoms with E-state index in [1.807, 2.05) is 83.4 Å². The molecule has 11 rings (SSSR count). The molecule has 238 valence electrons. The zero-order valence-electron chi connectivity index (χ0n) is 31.3. The number of pyridine rings is 1. The van der Waals surface area contributed by atoms with E-state index in [1.165, 1.54) is 0 Å². The second-order valence-corrected chi connectivity index (χ2v) is 12.9. The number of para-hydroxylation sites is 7. The van der Waals surface area contributed by atoms with Gasteiger partial charge in [0.25, 0.3) is 0 Å². The topological polar surface area (TPSA) is 27.7 Å². The quantitative estimate of drug-likeness (QED) is 0.186. The van der Waals surface area contributed by atoms with Crippen LogP contribution in [0.15, 0.2) is 182 Å². The Morgan fingerprint density at radius 1 is 0.392 bits per heavy atom. The first-order valence-corrected chi connectivity index (χ1v) is 17.1. The van der Waals surface area contributed by atoms with E-state index in [4.69, 9.17) is 7.73 Å². The van der Waals surface area contributed by atoms with Crippen LogP contribution in [0.25, 0.3) is 93.9 Å². The van der Waals surface area contributed by atoms with Gasteiger partial charge in [-0.3, -0.25) is 4.57 Å². The molecule has 0 spiro atoms. The van der Waals surface area contributed by atoms with Crippen LogP contribution in [0.1, 0.15) is 5.48 Å². The fourth-order valence-corrected chi connectivity index (χ4v) is 8.07. The molecule has 0 fully saturated rings. The highest BCUT2D eigenvalue weighted by Gasteiger charge is 2.20. The average Bonchev–Trinajstić information content (AvgIpc) is 3.87. The van der Waals surface area contributed by atoms with Gasteiger partial charge in [-0.05, 0) is 48.5 Å². The number of rotatable bonds is 4. The third kappa shape index (κ3) is 4.05. The van der Waals surface area contributed by atoms with Crippen LogP contribution in [0.2, 0.25) is 0 Å². The Hall–Kier alpha value is -6.91. The molecule has 0 aliphatic heterocycles. The van der Waals surface area contributed by atoms with Crippen molar-refractivity contribution in [3.63, 3.8) is 0 Å². The van der Waals surface area contributed by atoms with Crippen molar-refractivity contribution in [3.05, 3.63) is 182 Å². The van der Waals surface area contributed by atoms with Gasteiger partial charge in [-0.25, -0.2) is 4.98 Å². The lowest BCUT2D eigenvalue weighted by Crippen LogP contribution is -2.04. The summed E-state index contributed by atoms with van der Waals surface area (Å²) >= 11 is 0. The molecule has 4 nitrogen and oxygen atoms in total. The zero-order valence-corrected chi connectivity index (χ0v) is 27.3. The maximum atomic E-state index is 9.59. The van der Waals surface area contributed by atoms with Crippen LogP contribution in [0.3, 0.4) is 0 Å². The van der Waals surface area contributed by atoms with Gasteiger partial charge in [-0.15, -0.1) is 0 Å². The van der Waals surface area contributed by atoms with E-state index in [1.54, 1.807) is 0 Å². The molecule has 0 amide bonds. The summed E-state index contributed by atoms with van der Waals surface area (Å²) < 4.78 is 43.4. The monoisotopic (exact) mass is 654 g/mol. The lowest BCUT2D eigenvalue weighted by atomic mass is 10.1. The molecule has 51 heavy (non-hydrogen) atoms. The molecule has 11 aromatic rings. The highest BCUT2D eigenvalue weighted by atomic mass is 15.1. The maximum absolute atomic E-state index is 9.59. The van der Waals surface area contributed by atoms with E-state index in [0.717, 1.165) is 71.1 Å². The number of hydrogen-bond acceptors (Lipinski definition) is 1. The minimum absolute atomic E-state index is 0.134. The van der Waals surface area contributed by atoms with E-state index >= 15 is 0 Å². The first-order valence-electron chi connectivity index (χ1n) is 19.1. The molecule has 0 saturated heterocycles. The van der Waals surface area contributed by atoms with E-state index in [2.05, 4.69) is 88.0 Å². The Labute approximate surface area is 299 Å². The molecule has 0 radical (unpaired) electrons. The molecule has 4 aromatic heterocycles. The van der Waals surface area contributed by atoms with Gasteiger partial charge < -0.3 is 9.13 Å². The molecule has 0 aliphatic carbocycles. The van der Waals surface area contributed by atoms with Crippen LogP contribution in [0.4, 0.5) is 0 Å². The smallest absolute Gasteiger partial charge is 0.140 e. The third-order valence-electron chi connectivity index (χ3n) is 10.2. The molecule has 4 heterocycles. The Morgan fingerprint density at radius 2 is 0.765 bits per heavy atom. The van der Waals surface area contributed by atoms with E-state index in [9.17, 15) is 2.74 Å². The van der Waals surface area contributed by atoms with Crippen LogP contribution in [0, 0.1) is 0 Å². The first kappa shape index (κ1) is 24.3. The summed E-state index contributed by atoms with van der Waals surface area (Å²) in [5, 5.41) is 6.40. The van der Waals surface area contributed by atoms with E-state index < -0.39 is 0 Å². The van der Waals surface area contributed by atoms with Gasteiger partial charge in [0.05, 0.1) is 55.7 Å². The molecule has 0 unspecified atom stereocenters. The first-order chi connectivity index (χ1) is 27.0. The second-order valence-electron chi connectivity index (χ2n) is 12.9. The molecular weight excluding hydrogens is 621 g/mol. The van der Waals surface area contributed by atoms with Crippen molar-refractivity contribution in [2.24, 2.45) is 0 Å². The van der Waals surface area contributed by atoms with Crippen molar-refractivity contribution >= 4 is 65.4 Å². The fraction of sp³-hybridized carbons (Fsp3) is 0. The van der Waals surface area contributed by atoms with Crippen molar-refractivity contribution < 1.29 is 5.48 Å². The second kappa shape index (κ2) is 10.8. The Bertz CT molecular complexity index is 3100. The molecule has 7 aromatic carbocycles. The molecular formula is C47H30N4. The van der Waals surface area contributed by atoms with Crippen LogP contribution in [0.5, 0.6) is 0 Å². The molecule has 0 saturated carbocycles. The van der Waals surface area contributed by atoms with Gasteiger partial charge in [0, 0.05) is 43.9 Å². The Morgan fingerprint density at radius 3 is 1.22 bits per heavy atom. The average molecular weight is 655 g/mol. The third-order valence-corrected chi connectivity index (χ3v) is 10.2. The predicted octanol–water partition coefficient (Wildman–Crippen LogP) is 12.0. The number of nitrogens with zero attached hydrogens (tertiary/aromatic N) is 4. The zero-order chi connectivity index (χ0) is 36.9. The summed E-state index contributed by atoms with van der Waals surface area (Å²) in [6.45, 7) is 0. The van der Waals surface area contributed by atoms with E-state index in [-0.39, 0.29) is 24.2 Å². The highest BCUT2D eigenvalue weighted by Crippen LogP contribution is 2.39. The van der Waals surface area contributed by atoms with Crippen LogP contribution >= 0.6 is 0 Å². The summed E-state index contributed by atoms with van der Waals surface area (Å²) in [6, 6.07) is 52.5. The Kier molecular flexibility index (Phi) is 5.14. The van der Waals surface area contributed by atoms with Crippen molar-refractivity contribution in [1.82, 2.24) is 18.7 Å². The molecule has 0 N–H and O–H groups in total. The van der Waals surface area contributed by atoms with Crippen molar-refractivity contribution in [1.29, 1.82) is 0 Å². The van der Waals surface area contributed by atoms with Gasteiger partial charge >= 0.3 is 0 Å². The highest BCUT2D eigenvalue weighted by molar-refractivity contribution is 6.11. The minimum Gasteiger partial charge on any atom is -0.309 e. The summed E-state index contributed by atoms with van der Waals surface area (Å²) in [4.78, 5) is 5.41. The van der Waals surface area contributed by atoms with Crippen LogP contribution in [-0.2, 0) is 0 Å². The summed E-state index contributed by atoms with van der Waals surface area (Å²) in [7, 11) is 0. The van der Waals surface area contributed by atoms with Crippen LogP contribution < -0.4 is 0 Å². The number of benzene rings is 7. The molecule has 0 atom stereocenters. The summed E-state index contributed by atoms with van der Waals surface area (Å²) in [5.41, 5.74) is 7.62. The van der Waals surface area contributed by atoms with Gasteiger partial charge in [0.1, 0.15) is 5.82 Å². The van der Waals surface area contributed by atoms with Gasteiger partial charge in [0.15, 0.2) is 0 Å². The van der Waals surface area contributed by atoms with Crippen LogP contribution in [-0.4, -0.2) is 18.7 Å². The van der Waals surface area contributed by atoms with E-state index in [0.29, 0.717) is 22.8 Å².